The Kier molecular flexibility index (Phi) is 3.65. The summed E-state index contributed by atoms with van der Waals surface area (Å²) in [6.45, 7) is 0. The van der Waals surface area contributed by atoms with Gasteiger partial charge in [-0.1, -0.05) is 72.8 Å². The van der Waals surface area contributed by atoms with Gasteiger partial charge in [-0.05, 0) is 47.2 Å². The third-order valence-electron chi connectivity index (χ3n) is 6.64. The Morgan fingerprint density at radius 2 is 1.50 bits per heavy atom. The van der Waals surface area contributed by atoms with Crippen LogP contribution in [0.1, 0.15) is 11.3 Å². The summed E-state index contributed by atoms with van der Waals surface area (Å²) in [7, 11) is 0. The molecule has 5 aromatic rings. The lowest BCUT2D eigenvalue weighted by Crippen LogP contribution is -2.15. The molecule has 7 rings (SSSR count). The van der Waals surface area contributed by atoms with Crippen LogP contribution in [-0.4, -0.2) is 4.57 Å². The molecule has 32 heavy (non-hydrogen) atoms. The first-order valence-electron chi connectivity index (χ1n) is 11.0. The minimum absolute atomic E-state index is 0.896. The van der Waals surface area contributed by atoms with E-state index in [-0.39, 0.29) is 0 Å². The highest BCUT2D eigenvalue weighted by atomic mass is 15.0. The van der Waals surface area contributed by atoms with E-state index in [9.17, 15) is 0 Å². The molecule has 0 amide bonds. The van der Waals surface area contributed by atoms with E-state index in [1.165, 1.54) is 49.8 Å². The van der Waals surface area contributed by atoms with E-state index in [1.807, 2.05) is 0 Å². The lowest BCUT2D eigenvalue weighted by molar-refractivity contribution is 1.00. The number of hydrogen-bond acceptors (Lipinski definition) is 1. The van der Waals surface area contributed by atoms with Crippen molar-refractivity contribution in [3.63, 3.8) is 0 Å². The first kappa shape index (κ1) is 17.5. The molecule has 4 aromatic carbocycles. The number of nitrogens with zero attached hydrogens (tertiary/aromatic N) is 2. The molecule has 1 aliphatic heterocycles. The first-order chi connectivity index (χ1) is 15.9. The maximum absolute atomic E-state index is 4.79. The van der Waals surface area contributed by atoms with Gasteiger partial charge in [0.2, 0.25) is 0 Å². The summed E-state index contributed by atoms with van der Waals surface area (Å²) in [5.74, 6) is 0. The second kappa shape index (κ2) is 6.66. The summed E-state index contributed by atoms with van der Waals surface area (Å²) >= 11 is 0. The van der Waals surface area contributed by atoms with Gasteiger partial charge in [-0.15, -0.1) is 0 Å². The summed E-state index contributed by atoms with van der Waals surface area (Å²) in [4.78, 5) is 4.79. The number of para-hydroxylation sites is 3. The second-order valence-electron chi connectivity index (χ2n) is 8.44. The number of allylic oxidation sites excluding steroid dienone is 1. The molecule has 2 nitrogen and oxygen atoms in total. The van der Waals surface area contributed by atoms with E-state index >= 15 is 0 Å². The van der Waals surface area contributed by atoms with Crippen molar-refractivity contribution >= 4 is 28.2 Å². The topological polar surface area (TPSA) is 17.3 Å². The van der Waals surface area contributed by atoms with E-state index in [4.69, 9.17) is 4.99 Å². The van der Waals surface area contributed by atoms with Crippen molar-refractivity contribution in [2.24, 2.45) is 4.99 Å². The Hall–Kier alpha value is -4.17. The van der Waals surface area contributed by atoms with Crippen molar-refractivity contribution in [1.82, 2.24) is 4.57 Å². The summed E-state index contributed by atoms with van der Waals surface area (Å²) in [5.41, 5.74) is 10.0. The lowest BCUT2D eigenvalue weighted by atomic mass is 9.95. The largest absolute Gasteiger partial charge is 0.313 e. The molecule has 150 valence electrons. The molecule has 0 N–H and O–H groups in total. The number of fused-ring (bicyclic) bond motifs is 6. The fourth-order valence-electron chi connectivity index (χ4n) is 5.15. The lowest BCUT2D eigenvalue weighted by Gasteiger charge is -2.15. The Morgan fingerprint density at radius 1 is 0.688 bits per heavy atom. The molecule has 0 spiro atoms. The summed E-state index contributed by atoms with van der Waals surface area (Å²) < 4.78 is 2.42. The fraction of sp³-hybridized carbons (Fsp3) is 0.0333. The Morgan fingerprint density at radius 3 is 2.44 bits per heavy atom. The van der Waals surface area contributed by atoms with E-state index in [0.717, 1.165) is 17.5 Å². The predicted octanol–water partition coefficient (Wildman–Crippen LogP) is 5.98. The smallest absolute Gasteiger partial charge is 0.0716 e. The Bertz CT molecular complexity index is 1680. The zero-order valence-electron chi connectivity index (χ0n) is 17.5. The van der Waals surface area contributed by atoms with Crippen molar-refractivity contribution < 1.29 is 0 Å². The number of benzene rings is 4. The zero-order valence-corrected chi connectivity index (χ0v) is 17.5. The van der Waals surface area contributed by atoms with E-state index in [2.05, 4.69) is 114 Å². The van der Waals surface area contributed by atoms with E-state index in [0.29, 0.717) is 0 Å². The highest BCUT2D eigenvalue weighted by Gasteiger charge is 2.20. The molecule has 2 heteroatoms. The third kappa shape index (κ3) is 2.50. The quantitative estimate of drug-likeness (QED) is 0.318. The van der Waals surface area contributed by atoms with Crippen LogP contribution in [0.3, 0.4) is 0 Å². The van der Waals surface area contributed by atoms with Crippen LogP contribution in [0.15, 0.2) is 108 Å². The van der Waals surface area contributed by atoms with Gasteiger partial charge in [0, 0.05) is 39.9 Å². The maximum atomic E-state index is 4.79. The van der Waals surface area contributed by atoms with Crippen LogP contribution in [0.2, 0.25) is 0 Å². The van der Waals surface area contributed by atoms with E-state index in [1.54, 1.807) is 0 Å². The molecule has 0 bridgehead atoms. The van der Waals surface area contributed by atoms with Crippen LogP contribution < -0.4 is 10.6 Å². The molecule has 0 unspecified atom stereocenters. The molecule has 1 aliphatic carbocycles. The third-order valence-corrected chi connectivity index (χ3v) is 6.64. The van der Waals surface area contributed by atoms with Crippen LogP contribution in [0.4, 0.5) is 5.69 Å². The molecular formula is C30H20N2. The molecule has 0 atom stereocenters. The average Bonchev–Trinajstić information content (AvgIpc) is 3.39. The van der Waals surface area contributed by atoms with Gasteiger partial charge in [0.1, 0.15) is 0 Å². The summed E-state index contributed by atoms with van der Waals surface area (Å²) in [6, 6.07) is 34.5. The molecule has 0 saturated carbocycles. The molecule has 0 saturated heterocycles. The monoisotopic (exact) mass is 408 g/mol. The Balaban J connectivity index is 1.45. The van der Waals surface area contributed by atoms with Crippen molar-refractivity contribution in [2.45, 2.75) is 6.42 Å². The number of hydrogen-bond donors (Lipinski definition) is 0. The highest BCUT2D eigenvalue weighted by molar-refractivity contribution is 5.96. The van der Waals surface area contributed by atoms with Crippen LogP contribution in [-0.2, 0) is 6.42 Å². The fourth-order valence-corrected chi connectivity index (χ4v) is 5.15. The average molecular weight is 409 g/mol. The van der Waals surface area contributed by atoms with Gasteiger partial charge in [-0.2, -0.15) is 0 Å². The maximum Gasteiger partial charge on any atom is 0.0716 e. The van der Waals surface area contributed by atoms with Gasteiger partial charge in [0.15, 0.2) is 0 Å². The molecular weight excluding hydrogens is 388 g/mol. The second-order valence-corrected chi connectivity index (χ2v) is 8.44. The molecule has 2 aliphatic rings. The predicted molar refractivity (Wildman–Crippen MR) is 132 cm³/mol. The van der Waals surface area contributed by atoms with Gasteiger partial charge in [0.25, 0.3) is 0 Å². The van der Waals surface area contributed by atoms with Crippen molar-refractivity contribution in [3.05, 3.63) is 125 Å². The van der Waals surface area contributed by atoms with Gasteiger partial charge < -0.3 is 4.57 Å². The number of aromatic nitrogens is 1. The van der Waals surface area contributed by atoms with Gasteiger partial charge in [-0.25, -0.2) is 4.99 Å². The van der Waals surface area contributed by atoms with Crippen LogP contribution >= 0.6 is 0 Å². The van der Waals surface area contributed by atoms with Crippen LogP contribution in [0.5, 0.6) is 0 Å². The zero-order chi connectivity index (χ0) is 21.1. The van der Waals surface area contributed by atoms with Crippen LogP contribution in [0, 0.1) is 0 Å². The van der Waals surface area contributed by atoms with E-state index < -0.39 is 0 Å². The highest BCUT2D eigenvalue weighted by Crippen LogP contribution is 2.35. The molecule has 1 aromatic heterocycles. The van der Waals surface area contributed by atoms with Gasteiger partial charge in [0.05, 0.1) is 16.6 Å². The van der Waals surface area contributed by atoms with Crippen molar-refractivity contribution in [3.8, 4) is 16.8 Å². The SMILES string of the molecule is C1=Cc2c(n(-c3ccccc3)c3ccccc23)C/C1=c1\ccc2c(c1)-c1ccccc1N=2. The number of rotatable bonds is 1. The summed E-state index contributed by atoms with van der Waals surface area (Å²) in [5, 5.41) is 3.64. The van der Waals surface area contributed by atoms with Gasteiger partial charge in [-0.3, -0.25) is 0 Å². The normalized spacial score (nSPS) is 15.2. The minimum Gasteiger partial charge on any atom is -0.313 e. The first-order valence-corrected chi connectivity index (χ1v) is 11.0. The molecule has 2 heterocycles. The minimum atomic E-state index is 0.896. The standard InChI is InChI=1S/C30H20N2/c1-2-8-22(9-3-1)32-29-13-7-5-11-24(29)25-16-14-21(19-30(25)32)20-15-17-28-26(18-20)23-10-4-6-12-27(23)31-28/h1-18H,19H2/b21-20+. The Labute approximate surface area is 186 Å². The van der Waals surface area contributed by atoms with Crippen molar-refractivity contribution in [2.75, 3.05) is 0 Å². The van der Waals surface area contributed by atoms with Crippen molar-refractivity contribution in [1.29, 1.82) is 0 Å². The molecule has 0 fully saturated rings. The molecule has 0 radical (unpaired) electrons. The van der Waals surface area contributed by atoms with Crippen LogP contribution in [0.25, 0.3) is 39.4 Å². The van der Waals surface area contributed by atoms with Gasteiger partial charge >= 0.3 is 0 Å². The summed E-state index contributed by atoms with van der Waals surface area (Å²) in [6.07, 6.45) is 5.48.